The minimum atomic E-state index is 0.283. The second-order valence-corrected chi connectivity index (χ2v) is 3.75. The van der Waals surface area contributed by atoms with Crippen LogP contribution in [0.4, 0.5) is 0 Å². The minimum absolute atomic E-state index is 0.283. The normalized spacial score (nSPS) is 19.1. The summed E-state index contributed by atoms with van der Waals surface area (Å²) in [5.41, 5.74) is 0. The summed E-state index contributed by atoms with van der Waals surface area (Å²) in [5.74, 6) is 1.19. The maximum atomic E-state index is 11.3. The van der Waals surface area contributed by atoms with E-state index in [-0.39, 0.29) is 5.91 Å². The van der Waals surface area contributed by atoms with E-state index in [0.29, 0.717) is 6.42 Å². The first-order chi connectivity index (χ1) is 6.27. The highest BCUT2D eigenvalue weighted by Crippen LogP contribution is 2.03. The van der Waals surface area contributed by atoms with Crippen LogP contribution in [0.3, 0.4) is 0 Å². The maximum absolute atomic E-state index is 11.3. The Morgan fingerprint density at radius 2 is 1.92 bits per heavy atom. The first kappa shape index (κ1) is 10.9. The Kier molecular flexibility index (Phi) is 4.59. The van der Waals surface area contributed by atoms with Crippen LogP contribution in [0.5, 0.6) is 0 Å². The van der Waals surface area contributed by atoms with E-state index < -0.39 is 0 Å². The summed E-state index contributed by atoms with van der Waals surface area (Å²) in [6.07, 6.45) is 0.632. The zero-order chi connectivity index (χ0) is 9.68. The summed E-state index contributed by atoms with van der Waals surface area (Å²) < 4.78 is 0. The molecule has 0 atom stereocenters. The predicted molar refractivity (Wildman–Crippen MR) is 57.2 cm³/mol. The fourth-order valence-electron chi connectivity index (χ4n) is 1.59. The van der Waals surface area contributed by atoms with Gasteiger partial charge in [0, 0.05) is 44.9 Å². The molecule has 1 aliphatic rings. The summed E-state index contributed by atoms with van der Waals surface area (Å²) in [7, 11) is 0. The van der Waals surface area contributed by atoms with E-state index in [1.54, 1.807) is 0 Å². The number of nitrogens with zero attached hydrogens (tertiary/aromatic N) is 2. The second-order valence-electron chi connectivity index (χ2n) is 3.30. The zero-order valence-corrected chi connectivity index (χ0v) is 9.09. The monoisotopic (exact) mass is 202 g/mol. The molecule has 4 heteroatoms. The van der Waals surface area contributed by atoms with Gasteiger partial charge < -0.3 is 4.90 Å². The first-order valence-corrected chi connectivity index (χ1v) is 5.52. The van der Waals surface area contributed by atoms with Crippen molar-refractivity contribution >= 4 is 18.5 Å². The second kappa shape index (κ2) is 5.50. The molecule has 0 bridgehead atoms. The van der Waals surface area contributed by atoms with Gasteiger partial charge in [0.25, 0.3) is 0 Å². The van der Waals surface area contributed by atoms with Gasteiger partial charge in [0.2, 0.25) is 5.91 Å². The quantitative estimate of drug-likeness (QED) is 0.673. The smallest absolute Gasteiger partial charge is 0.222 e. The van der Waals surface area contributed by atoms with Crippen LogP contribution >= 0.6 is 12.6 Å². The van der Waals surface area contributed by atoms with Crippen molar-refractivity contribution in [2.24, 2.45) is 0 Å². The fourth-order valence-corrected chi connectivity index (χ4v) is 1.87. The van der Waals surface area contributed by atoms with Crippen molar-refractivity contribution in [1.29, 1.82) is 0 Å². The molecule has 1 aliphatic heterocycles. The summed E-state index contributed by atoms with van der Waals surface area (Å²) in [4.78, 5) is 15.6. The van der Waals surface area contributed by atoms with Crippen LogP contribution in [0.25, 0.3) is 0 Å². The van der Waals surface area contributed by atoms with Crippen LogP contribution < -0.4 is 0 Å². The van der Waals surface area contributed by atoms with Gasteiger partial charge in [-0.1, -0.05) is 6.92 Å². The highest BCUT2D eigenvalue weighted by atomic mass is 32.1. The Morgan fingerprint density at radius 3 is 2.38 bits per heavy atom. The van der Waals surface area contributed by atoms with Gasteiger partial charge in [0.15, 0.2) is 0 Å². The predicted octanol–water partition coefficient (Wildman–Crippen LogP) is 0.470. The van der Waals surface area contributed by atoms with Gasteiger partial charge in [-0.2, -0.15) is 12.6 Å². The molecule has 1 saturated heterocycles. The molecule has 0 radical (unpaired) electrons. The highest BCUT2D eigenvalue weighted by Gasteiger charge is 2.18. The molecule has 13 heavy (non-hydrogen) atoms. The Morgan fingerprint density at radius 1 is 1.31 bits per heavy atom. The number of thiol groups is 1. The fraction of sp³-hybridized carbons (Fsp3) is 0.889. The molecule has 1 rings (SSSR count). The lowest BCUT2D eigenvalue weighted by Gasteiger charge is -2.34. The standard InChI is InChI=1S/C9H18N2OS/c1-2-9(12)11-5-3-10(4-6-11)7-8-13/h13H,2-8H2,1H3. The number of amides is 1. The molecule has 0 saturated carbocycles. The molecule has 1 fully saturated rings. The lowest BCUT2D eigenvalue weighted by Crippen LogP contribution is -2.48. The molecule has 0 aliphatic carbocycles. The third-order valence-corrected chi connectivity index (χ3v) is 2.64. The van der Waals surface area contributed by atoms with Crippen LogP contribution in [-0.2, 0) is 4.79 Å². The molecule has 0 aromatic heterocycles. The van der Waals surface area contributed by atoms with Gasteiger partial charge in [-0.3, -0.25) is 9.69 Å². The van der Waals surface area contributed by atoms with Crippen molar-refractivity contribution in [1.82, 2.24) is 9.80 Å². The Bertz CT molecular complexity index is 167. The van der Waals surface area contributed by atoms with Gasteiger partial charge in [-0.25, -0.2) is 0 Å². The molecule has 0 aromatic rings. The highest BCUT2D eigenvalue weighted by molar-refractivity contribution is 7.80. The van der Waals surface area contributed by atoms with Crippen molar-refractivity contribution in [3.63, 3.8) is 0 Å². The zero-order valence-electron chi connectivity index (χ0n) is 8.20. The molecule has 3 nitrogen and oxygen atoms in total. The largest absolute Gasteiger partial charge is 0.340 e. The van der Waals surface area contributed by atoms with Gasteiger partial charge >= 0.3 is 0 Å². The van der Waals surface area contributed by atoms with E-state index in [1.807, 2.05) is 11.8 Å². The van der Waals surface area contributed by atoms with Crippen molar-refractivity contribution in [3.8, 4) is 0 Å². The minimum Gasteiger partial charge on any atom is -0.340 e. The average Bonchev–Trinajstić information content (AvgIpc) is 2.18. The van der Waals surface area contributed by atoms with Gasteiger partial charge in [0.05, 0.1) is 0 Å². The van der Waals surface area contributed by atoms with E-state index in [9.17, 15) is 4.79 Å². The third kappa shape index (κ3) is 3.19. The van der Waals surface area contributed by atoms with E-state index in [4.69, 9.17) is 0 Å². The molecule has 76 valence electrons. The number of hydrogen-bond acceptors (Lipinski definition) is 3. The van der Waals surface area contributed by atoms with E-state index in [1.165, 1.54) is 0 Å². The van der Waals surface area contributed by atoms with Crippen LogP contribution in [0.2, 0.25) is 0 Å². The number of carbonyl (C=O) groups is 1. The third-order valence-electron chi connectivity index (χ3n) is 2.44. The topological polar surface area (TPSA) is 23.6 Å². The van der Waals surface area contributed by atoms with E-state index in [2.05, 4.69) is 17.5 Å². The number of hydrogen-bond donors (Lipinski definition) is 1. The summed E-state index contributed by atoms with van der Waals surface area (Å²) >= 11 is 4.19. The van der Waals surface area contributed by atoms with Crippen LogP contribution in [0.15, 0.2) is 0 Å². The van der Waals surface area contributed by atoms with Crippen LogP contribution in [-0.4, -0.2) is 54.2 Å². The van der Waals surface area contributed by atoms with Gasteiger partial charge in [-0.15, -0.1) is 0 Å². The Labute approximate surface area is 85.5 Å². The number of carbonyl (C=O) groups excluding carboxylic acids is 1. The Balaban J connectivity index is 2.26. The lowest BCUT2D eigenvalue weighted by atomic mass is 10.3. The van der Waals surface area contributed by atoms with Crippen molar-refractivity contribution in [3.05, 3.63) is 0 Å². The van der Waals surface area contributed by atoms with Crippen molar-refractivity contribution in [2.45, 2.75) is 13.3 Å². The molecule has 0 spiro atoms. The molecular formula is C9H18N2OS. The molecule has 1 amide bonds. The van der Waals surface area contributed by atoms with Crippen LogP contribution in [0, 0.1) is 0 Å². The SMILES string of the molecule is CCC(=O)N1CCN(CCS)CC1. The molecule has 0 N–H and O–H groups in total. The van der Waals surface area contributed by atoms with Crippen LogP contribution in [0.1, 0.15) is 13.3 Å². The van der Waals surface area contributed by atoms with Crippen molar-refractivity contribution < 1.29 is 4.79 Å². The number of piperazine rings is 1. The van der Waals surface area contributed by atoms with Crippen molar-refractivity contribution in [2.75, 3.05) is 38.5 Å². The summed E-state index contributed by atoms with van der Waals surface area (Å²) in [6, 6.07) is 0. The molecule has 0 unspecified atom stereocenters. The van der Waals surface area contributed by atoms with Gasteiger partial charge in [-0.05, 0) is 0 Å². The average molecular weight is 202 g/mol. The number of rotatable bonds is 3. The first-order valence-electron chi connectivity index (χ1n) is 4.89. The van der Waals surface area contributed by atoms with E-state index >= 15 is 0 Å². The molecule has 1 heterocycles. The molecule has 0 aromatic carbocycles. The molecular weight excluding hydrogens is 184 g/mol. The lowest BCUT2D eigenvalue weighted by molar-refractivity contribution is -0.132. The van der Waals surface area contributed by atoms with E-state index in [0.717, 1.165) is 38.5 Å². The summed E-state index contributed by atoms with van der Waals surface area (Å²) in [5, 5.41) is 0. The summed E-state index contributed by atoms with van der Waals surface area (Å²) in [6.45, 7) is 6.75. The van der Waals surface area contributed by atoms with Gasteiger partial charge in [0.1, 0.15) is 0 Å². The maximum Gasteiger partial charge on any atom is 0.222 e. The Hall–Kier alpha value is -0.220.